The Hall–Kier alpha value is -3.28. The second-order valence-corrected chi connectivity index (χ2v) is 7.79. The highest BCUT2D eigenvalue weighted by Gasteiger charge is 2.20. The van der Waals surface area contributed by atoms with Gasteiger partial charge in [0.25, 0.3) is 0 Å². The van der Waals surface area contributed by atoms with Gasteiger partial charge < -0.3 is 14.4 Å². The fourth-order valence-electron chi connectivity index (χ4n) is 4.07. The molecule has 6 heteroatoms. The highest BCUT2D eigenvalue weighted by atomic mass is 16.5. The van der Waals surface area contributed by atoms with Gasteiger partial charge in [0.05, 0.1) is 25.6 Å². The number of piperidine rings is 1. The number of amides is 1. The van der Waals surface area contributed by atoms with Gasteiger partial charge in [-0.3, -0.25) is 4.79 Å². The van der Waals surface area contributed by atoms with E-state index in [-0.39, 0.29) is 5.91 Å². The monoisotopic (exact) mass is 419 g/mol. The molecular formula is C25H29N3O3. The number of aryl methyl sites for hydroxylation is 1. The minimum Gasteiger partial charge on any atom is -0.497 e. The maximum absolute atomic E-state index is 12.8. The molecule has 2 heterocycles. The van der Waals surface area contributed by atoms with Gasteiger partial charge in [0, 0.05) is 31.3 Å². The molecule has 1 amide bonds. The fourth-order valence-corrected chi connectivity index (χ4v) is 4.07. The van der Waals surface area contributed by atoms with Crippen molar-refractivity contribution in [3.05, 3.63) is 60.3 Å². The molecule has 0 bridgehead atoms. The first-order chi connectivity index (χ1) is 15.2. The maximum atomic E-state index is 12.8. The van der Waals surface area contributed by atoms with E-state index in [0.717, 1.165) is 59.9 Å². The number of hydrogen-bond donors (Lipinski definition) is 0. The molecule has 1 aliphatic heterocycles. The Balaban J connectivity index is 1.68. The van der Waals surface area contributed by atoms with Crippen molar-refractivity contribution in [2.45, 2.75) is 32.1 Å². The van der Waals surface area contributed by atoms with E-state index in [9.17, 15) is 4.79 Å². The third-order valence-corrected chi connectivity index (χ3v) is 5.79. The van der Waals surface area contributed by atoms with Crippen LogP contribution in [0.1, 0.15) is 31.2 Å². The standard InChI is InChI=1S/C25H29N3O3/c1-30-21-12-13-23(31-2)22(17-21)25-19(11-14-24(29)27-15-7-4-8-16-27)18-28(26-25)20-9-5-3-6-10-20/h3,5-6,9-10,12-13,17-18H,4,7-8,11,14-16H2,1-2H3. The van der Waals surface area contributed by atoms with Crippen molar-refractivity contribution in [1.29, 1.82) is 0 Å². The molecule has 4 rings (SSSR count). The van der Waals surface area contributed by atoms with Crippen LogP contribution in [0.4, 0.5) is 0 Å². The van der Waals surface area contributed by atoms with Crippen LogP contribution in [0.2, 0.25) is 0 Å². The van der Waals surface area contributed by atoms with E-state index in [1.807, 2.05) is 64.3 Å². The van der Waals surface area contributed by atoms with Gasteiger partial charge in [0.1, 0.15) is 11.5 Å². The molecule has 3 aromatic rings. The SMILES string of the molecule is COc1ccc(OC)c(-c2nn(-c3ccccc3)cc2CCC(=O)N2CCCCC2)c1. The largest absolute Gasteiger partial charge is 0.497 e. The highest BCUT2D eigenvalue weighted by Crippen LogP contribution is 2.35. The van der Waals surface area contributed by atoms with Crippen molar-refractivity contribution in [2.75, 3.05) is 27.3 Å². The second-order valence-electron chi connectivity index (χ2n) is 7.79. The number of aromatic nitrogens is 2. The molecule has 0 radical (unpaired) electrons. The van der Waals surface area contributed by atoms with Gasteiger partial charge in [0.2, 0.25) is 5.91 Å². The zero-order valence-electron chi connectivity index (χ0n) is 18.2. The Morgan fingerprint density at radius 1 is 1.00 bits per heavy atom. The molecule has 2 aromatic carbocycles. The summed E-state index contributed by atoms with van der Waals surface area (Å²) in [5.74, 6) is 1.68. The number of likely N-dealkylation sites (tertiary alicyclic amines) is 1. The zero-order valence-corrected chi connectivity index (χ0v) is 18.2. The van der Waals surface area contributed by atoms with Gasteiger partial charge in [-0.1, -0.05) is 18.2 Å². The summed E-state index contributed by atoms with van der Waals surface area (Å²) < 4.78 is 12.9. The van der Waals surface area contributed by atoms with Crippen molar-refractivity contribution in [1.82, 2.24) is 14.7 Å². The van der Waals surface area contributed by atoms with Crippen molar-refractivity contribution in [2.24, 2.45) is 0 Å². The number of rotatable bonds is 7. The van der Waals surface area contributed by atoms with Crippen LogP contribution in [0.15, 0.2) is 54.7 Å². The summed E-state index contributed by atoms with van der Waals surface area (Å²) in [6.07, 6.45) is 6.53. The number of para-hydroxylation sites is 1. The molecule has 31 heavy (non-hydrogen) atoms. The molecule has 0 saturated carbocycles. The third kappa shape index (κ3) is 4.74. The van der Waals surface area contributed by atoms with Crippen LogP contribution >= 0.6 is 0 Å². The zero-order chi connectivity index (χ0) is 21.6. The van der Waals surface area contributed by atoms with E-state index in [1.165, 1.54) is 6.42 Å². The van der Waals surface area contributed by atoms with Crippen molar-refractivity contribution in [3.8, 4) is 28.4 Å². The topological polar surface area (TPSA) is 56.6 Å². The van der Waals surface area contributed by atoms with E-state index in [1.54, 1.807) is 14.2 Å². The van der Waals surface area contributed by atoms with Gasteiger partial charge >= 0.3 is 0 Å². The van der Waals surface area contributed by atoms with Crippen molar-refractivity contribution in [3.63, 3.8) is 0 Å². The number of nitrogens with zero attached hydrogens (tertiary/aromatic N) is 3. The van der Waals surface area contributed by atoms with Crippen LogP contribution in [0.3, 0.4) is 0 Å². The van der Waals surface area contributed by atoms with Crippen LogP contribution < -0.4 is 9.47 Å². The Labute approximate surface area is 183 Å². The summed E-state index contributed by atoms with van der Waals surface area (Å²) in [5, 5.41) is 4.88. The minimum atomic E-state index is 0.218. The smallest absolute Gasteiger partial charge is 0.222 e. The number of ether oxygens (including phenoxy) is 2. The predicted octanol–water partition coefficient (Wildman–Crippen LogP) is 4.50. The summed E-state index contributed by atoms with van der Waals surface area (Å²) in [6, 6.07) is 15.7. The first kappa shape index (κ1) is 21.0. The normalized spacial score (nSPS) is 13.8. The molecule has 1 aromatic heterocycles. The highest BCUT2D eigenvalue weighted by molar-refractivity contribution is 5.77. The number of benzene rings is 2. The van der Waals surface area contributed by atoms with E-state index < -0.39 is 0 Å². The number of hydrogen-bond acceptors (Lipinski definition) is 4. The first-order valence-corrected chi connectivity index (χ1v) is 10.8. The first-order valence-electron chi connectivity index (χ1n) is 10.8. The maximum Gasteiger partial charge on any atom is 0.222 e. The molecule has 0 spiro atoms. The van der Waals surface area contributed by atoms with E-state index in [2.05, 4.69) is 0 Å². The van der Waals surface area contributed by atoms with Crippen LogP contribution in [0.5, 0.6) is 11.5 Å². The van der Waals surface area contributed by atoms with Gasteiger partial charge in [-0.05, 0) is 61.6 Å². The summed E-state index contributed by atoms with van der Waals surface area (Å²) in [4.78, 5) is 14.8. The van der Waals surface area contributed by atoms with Crippen LogP contribution in [0.25, 0.3) is 16.9 Å². The molecule has 1 fully saturated rings. The molecule has 1 aliphatic rings. The van der Waals surface area contributed by atoms with Gasteiger partial charge in [-0.25, -0.2) is 4.68 Å². The average Bonchev–Trinajstić information content (AvgIpc) is 3.27. The average molecular weight is 420 g/mol. The second kappa shape index (κ2) is 9.69. The molecule has 6 nitrogen and oxygen atoms in total. The molecule has 0 atom stereocenters. The molecule has 0 unspecified atom stereocenters. The number of methoxy groups -OCH3 is 2. The number of carbonyl (C=O) groups is 1. The van der Waals surface area contributed by atoms with E-state index in [4.69, 9.17) is 14.6 Å². The molecular weight excluding hydrogens is 390 g/mol. The molecule has 1 saturated heterocycles. The van der Waals surface area contributed by atoms with Gasteiger partial charge in [-0.15, -0.1) is 0 Å². The Bertz CT molecular complexity index is 1020. The van der Waals surface area contributed by atoms with Crippen LogP contribution in [-0.4, -0.2) is 47.9 Å². The lowest BCUT2D eigenvalue weighted by atomic mass is 10.0. The van der Waals surface area contributed by atoms with Gasteiger partial charge in [-0.2, -0.15) is 5.10 Å². The minimum absolute atomic E-state index is 0.218. The predicted molar refractivity (Wildman–Crippen MR) is 121 cm³/mol. The molecule has 0 aliphatic carbocycles. The van der Waals surface area contributed by atoms with Crippen LogP contribution in [0, 0.1) is 0 Å². The third-order valence-electron chi connectivity index (χ3n) is 5.79. The van der Waals surface area contributed by atoms with E-state index >= 15 is 0 Å². The Morgan fingerprint density at radius 2 is 1.77 bits per heavy atom. The lowest BCUT2D eigenvalue weighted by molar-refractivity contribution is -0.132. The summed E-state index contributed by atoms with van der Waals surface area (Å²) in [5.41, 5.74) is 3.66. The Morgan fingerprint density at radius 3 is 2.48 bits per heavy atom. The summed E-state index contributed by atoms with van der Waals surface area (Å²) in [7, 11) is 3.30. The fraction of sp³-hybridized carbons (Fsp3) is 0.360. The summed E-state index contributed by atoms with van der Waals surface area (Å²) in [6.45, 7) is 1.75. The molecule has 0 N–H and O–H groups in total. The molecule has 162 valence electrons. The van der Waals surface area contributed by atoms with E-state index in [0.29, 0.717) is 12.8 Å². The lowest BCUT2D eigenvalue weighted by Gasteiger charge is -2.26. The van der Waals surface area contributed by atoms with Crippen LogP contribution in [-0.2, 0) is 11.2 Å². The van der Waals surface area contributed by atoms with Crippen molar-refractivity contribution < 1.29 is 14.3 Å². The lowest BCUT2D eigenvalue weighted by Crippen LogP contribution is -2.35. The van der Waals surface area contributed by atoms with Gasteiger partial charge in [0.15, 0.2) is 0 Å². The summed E-state index contributed by atoms with van der Waals surface area (Å²) >= 11 is 0. The quantitative estimate of drug-likeness (QED) is 0.566. The number of carbonyl (C=O) groups excluding carboxylic acids is 1. The van der Waals surface area contributed by atoms with Crippen molar-refractivity contribution >= 4 is 5.91 Å². The Kier molecular flexibility index (Phi) is 6.55.